The van der Waals surface area contributed by atoms with Gasteiger partial charge in [-0.3, -0.25) is 4.90 Å². The molecule has 1 heterocycles. The van der Waals surface area contributed by atoms with Gasteiger partial charge >= 0.3 is 0 Å². The van der Waals surface area contributed by atoms with Crippen molar-refractivity contribution in [1.29, 1.82) is 0 Å². The van der Waals surface area contributed by atoms with E-state index in [4.69, 9.17) is 14.2 Å². The van der Waals surface area contributed by atoms with E-state index in [2.05, 4.69) is 29.2 Å². The van der Waals surface area contributed by atoms with Crippen LogP contribution in [0.5, 0.6) is 11.5 Å². The Morgan fingerprint density at radius 3 is 2.14 bits per heavy atom. The monoisotopic (exact) mass is 514 g/mol. The second-order valence-corrected chi connectivity index (χ2v) is 9.47. The van der Waals surface area contributed by atoms with Gasteiger partial charge in [-0.25, -0.2) is 4.39 Å². The number of benzene rings is 3. The van der Waals surface area contributed by atoms with Crippen LogP contribution in [0.3, 0.4) is 0 Å². The molecule has 3 aromatic carbocycles. The summed E-state index contributed by atoms with van der Waals surface area (Å²) in [5.41, 5.74) is 2.33. The predicted molar refractivity (Wildman–Crippen MR) is 133 cm³/mol. The fraction of sp³-hybridized carbons (Fsp3) is 0.379. The van der Waals surface area contributed by atoms with Crippen LogP contribution in [0.15, 0.2) is 78.9 Å². The molecule has 2 aliphatic rings. The SMILES string of the molecule is COC(CN1CC2CC(Oc3ccc(F)cc3)C[C@@H]2C1)c1ccc(OCc2ccccc2)cc1.[HH].[V]. The summed E-state index contributed by atoms with van der Waals surface area (Å²) in [5.74, 6) is 2.70. The molecule has 3 unspecified atom stereocenters. The Hall–Kier alpha value is -2.31. The molecular formula is C29H34FNO3V. The molecule has 35 heavy (non-hydrogen) atoms. The third-order valence-corrected chi connectivity index (χ3v) is 7.11. The second-order valence-electron chi connectivity index (χ2n) is 9.47. The molecule has 3 aromatic rings. The molecule has 0 bridgehead atoms. The van der Waals surface area contributed by atoms with Crippen LogP contribution >= 0.6 is 0 Å². The van der Waals surface area contributed by atoms with E-state index in [1.807, 2.05) is 30.3 Å². The summed E-state index contributed by atoms with van der Waals surface area (Å²) in [6, 6.07) is 24.8. The van der Waals surface area contributed by atoms with Gasteiger partial charge in [0.05, 0.1) is 12.2 Å². The van der Waals surface area contributed by atoms with Crippen LogP contribution in [0.25, 0.3) is 0 Å². The van der Waals surface area contributed by atoms with Gasteiger partial charge in [-0.05, 0) is 72.2 Å². The Bertz CT molecular complexity index is 1040. The normalized spacial score (nSPS) is 22.3. The van der Waals surface area contributed by atoms with E-state index in [0.29, 0.717) is 18.4 Å². The number of nitrogens with zero attached hydrogens (tertiary/aromatic N) is 1. The second kappa shape index (κ2) is 12.1. The molecule has 4 nitrogen and oxygen atoms in total. The third-order valence-electron chi connectivity index (χ3n) is 7.11. The topological polar surface area (TPSA) is 30.9 Å². The van der Waals surface area contributed by atoms with E-state index in [9.17, 15) is 4.39 Å². The first-order valence-electron chi connectivity index (χ1n) is 12.1. The molecule has 4 atom stereocenters. The maximum Gasteiger partial charge on any atom is 0.123 e. The number of hydrogen-bond donors (Lipinski definition) is 0. The molecule has 185 valence electrons. The fourth-order valence-corrected chi connectivity index (χ4v) is 5.36. The van der Waals surface area contributed by atoms with Gasteiger partial charge in [-0.1, -0.05) is 42.5 Å². The van der Waals surface area contributed by atoms with E-state index < -0.39 is 0 Å². The summed E-state index contributed by atoms with van der Waals surface area (Å²) < 4.78 is 31.0. The van der Waals surface area contributed by atoms with Crippen LogP contribution in [0, 0.1) is 17.7 Å². The molecule has 1 aliphatic heterocycles. The molecule has 6 heteroatoms. The summed E-state index contributed by atoms with van der Waals surface area (Å²) in [6.45, 7) is 3.60. The summed E-state index contributed by atoms with van der Waals surface area (Å²) in [5, 5.41) is 0. The average Bonchev–Trinajstić information content (AvgIpc) is 3.42. The predicted octanol–water partition coefficient (Wildman–Crippen LogP) is 6.13. The van der Waals surface area contributed by atoms with Crippen LogP contribution in [0.2, 0.25) is 0 Å². The van der Waals surface area contributed by atoms with E-state index in [1.165, 1.54) is 17.7 Å². The number of likely N-dealkylation sites (tertiary alicyclic amines) is 1. The molecule has 1 radical (unpaired) electrons. The maximum atomic E-state index is 13.1. The van der Waals surface area contributed by atoms with Crippen molar-refractivity contribution in [3.05, 3.63) is 95.8 Å². The number of hydrogen-bond acceptors (Lipinski definition) is 4. The van der Waals surface area contributed by atoms with E-state index >= 15 is 0 Å². The van der Waals surface area contributed by atoms with Crippen molar-refractivity contribution in [3.63, 3.8) is 0 Å². The molecule has 1 saturated heterocycles. The molecule has 0 spiro atoms. The molecule has 0 aromatic heterocycles. The van der Waals surface area contributed by atoms with Crippen molar-refractivity contribution in [2.75, 3.05) is 26.7 Å². The zero-order valence-corrected chi connectivity index (χ0v) is 21.5. The van der Waals surface area contributed by atoms with Crippen molar-refractivity contribution < 1.29 is 38.6 Å². The first-order chi connectivity index (χ1) is 16.7. The quantitative estimate of drug-likeness (QED) is 0.344. The Kier molecular flexibility index (Phi) is 8.91. The van der Waals surface area contributed by atoms with Gasteiger partial charge in [0.1, 0.15) is 23.9 Å². The van der Waals surface area contributed by atoms with Gasteiger partial charge in [-0.15, -0.1) is 0 Å². The van der Waals surface area contributed by atoms with Crippen molar-refractivity contribution in [2.45, 2.75) is 31.7 Å². The maximum absolute atomic E-state index is 13.1. The first-order valence-corrected chi connectivity index (χ1v) is 12.1. The van der Waals surface area contributed by atoms with Crippen LogP contribution in [0.4, 0.5) is 4.39 Å². The smallest absolute Gasteiger partial charge is 0.123 e. The summed E-state index contributed by atoms with van der Waals surface area (Å²) in [7, 11) is 1.79. The van der Waals surface area contributed by atoms with Gasteiger partial charge in [0.2, 0.25) is 0 Å². The Balaban J connectivity index is 0.00000180. The van der Waals surface area contributed by atoms with Crippen molar-refractivity contribution in [1.82, 2.24) is 4.90 Å². The number of ether oxygens (including phenoxy) is 3. The molecule has 1 saturated carbocycles. The number of rotatable bonds is 9. The molecule has 2 fully saturated rings. The van der Waals surface area contributed by atoms with Gasteiger partial charge in [0.25, 0.3) is 0 Å². The van der Waals surface area contributed by atoms with Crippen molar-refractivity contribution in [2.24, 2.45) is 11.8 Å². The number of methoxy groups -OCH3 is 1. The van der Waals surface area contributed by atoms with Gasteiger partial charge in [0, 0.05) is 46.7 Å². The van der Waals surface area contributed by atoms with E-state index in [0.717, 1.165) is 49.5 Å². The third kappa shape index (κ3) is 6.68. The number of halogens is 1. The Morgan fingerprint density at radius 1 is 0.886 bits per heavy atom. The summed E-state index contributed by atoms with van der Waals surface area (Å²) >= 11 is 0. The molecule has 0 amide bonds. The molecular weight excluding hydrogens is 480 g/mol. The zero-order chi connectivity index (χ0) is 23.3. The largest absolute Gasteiger partial charge is 0.490 e. The Morgan fingerprint density at radius 2 is 1.51 bits per heavy atom. The van der Waals surface area contributed by atoms with E-state index in [-0.39, 0.29) is 38.0 Å². The average molecular weight is 515 g/mol. The molecule has 1 aliphatic carbocycles. The van der Waals surface area contributed by atoms with Gasteiger partial charge < -0.3 is 14.2 Å². The molecule has 0 N–H and O–H groups in total. The summed E-state index contributed by atoms with van der Waals surface area (Å²) in [6.07, 6.45) is 2.38. The summed E-state index contributed by atoms with van der Waals surface area (Å²) in [4.78, 5) is 2.53. The number of fused-ring (bicyclic) bond motifs is 1. The minimum absolute atomic E-state index is 0. The van der Waals surface area contributed by atoms with E-state index in [1.54, 1.807) is 19.2 Å². The first kappa shape index (κ1) is 25.8. The molecule has 5 rings (SSSR count). The zero-order valence-electron chi connectivity index (χ0n) is 20.1. The van der Waals surface area contributed by atoms with Crippen molar-refractivity contribution in [3.8, 4) is 11.5 Å². The van der Waals surface area contributed by atoms with Crippen molar-refractivity contribution >= 4 is 0 Å². The van der Waals surface area contributed by atoms with Crippen LogP contribution < -0.4 is 9.47 Å². The van der Waals surface area contributed by atoms with Gasteiger partial charge in [-0.2, -0.15) is 0 Å². The minimum atomic E-state index is -0.228. The fourth-order valence-electron chi connectivity index (χ4n) is 5.36. The van der Waals surface area contributed by atoms with Crippen LogP contribution in [0.1, 0.15) is 31.5 Å². The standard InChI is InChI=1S/C29H32FNO3.V.H2/c1-32-29(22-7-11-26(12-8-22)33-20-21-5-3-2-4-6-21)19-31-17-23-15-28(16-24(23)18-31)34-27-13-9-25(30)10-14-27;;/h2-14,23-24,28-29H,15-20H2,1H3;;1H/t23-,24?,28?,29?;;/m1../s1. The van der Waals surface area contributed by atoms with Gasteiger partial charge in [0.15, 0.2) is 0 Å². The van der Waals surface area contributed by atoms with Crippen LogP contribution in [-0.2, 0) is 29.9 Å². The van der Waals surface area contributed by atoms with Crippen LogP contribution in [-0.4, -0.2) is 37.7 Å². The minimum Gasteiger partial charge on any atom is -0.490 e. The Labute approximate surface area is 220 Å².